The quantitative estimate of drug-likeness (QED) is 0.621. The van der Waals surface area contributed by atoms with Gasteiger partial charge >= 0.3 is 6.18 Å². The molecule has 1 amide bonds. The molecule has 4 rings (SSSR count). The molecule has 1 unspecified atom stereocenters. The lowest BCUT2D eigenvalue weighted by Crippen LogP contribution is -2.43. The van der Waals surface area contributed by atoms with Crippen LogP contribution in [0.2, 0.25) is 0 Å². The van der Waals surface area contributed by atoms with Crippen molar-refractivity contribution < 1.29 is 18.0 Å². The summed E-state index contributed by atoms with van der Waals surface area (Å²) >= 11 is 1.30. The molecule has 1 fully saturated rings. The second-order valence-electron chi connectivity index (χ2n) is 6.85. The number of likely N-dealkylation sites (tertiary alicyclic amines) is 1. The Balaban J connectivity index is 1.86. The molecule has 0 radical (unpaired) electrons. The highest BCUT2D eigenvalue weighted by molar-refractivity contribution is 7.13. The summed E-state index contributed by atoms with van der Waals surface area (Å²) in [4.78, 5) is 19.9. The molecule has 0 aliphatic carbocycles. The highest BCUT2D eigenvalue weighted by atomic mass is 32.1. The number of aromatic nitrogens is 3. The van der Waals surface area contributed by atoms with E-state index in [1.807, 2.05) is 6.92 Å². The monoisotopic (exact) mass is 408 g/mol. The standard InChI is InChI=1S/C19H19F3N4OS/c1-2-12-6-3-4-8-25(12)18(27)13-11-23-26-16(19(20,21)22)10-14(24-17(13)26)15-7-5-9-28-15/h5,7,9-12H,2-4,6,8H2,1H3. The predicted molar refractivity (Wildman–Crippen MR) is 100 cm³/mol. The minimum absolute atomic E-state index is 0.0522. The highest BCUT2D eigenvalue weighted by Crippen LogP contribution is 2.34. The molecule has 3 aromatic rings. The van der Waals surface area contributed by atoms with E-state index in [9.17, 15) is 18.0 Å². The molecule has 28 heavy (non-hydrogen) atoms. The summed E-state index contributed by atoms with van der Waals surface area (Å²) in [6, 6.07) is 4.54. The highest BCUT2D eigenvalue weighted by Gasteiger charge is 2.37. The van der Waals surface area contributed by atoms with Gasteiger partial charge in [0.2, 0.25) is 0 Å². The lowest BCUT2D eigenvalue weighted by Gasteiger charge is -2.35. The summed E-state index contributed by atoms with van der Waals surface area (Å²) in [5, 5.41) is 5.64. The Labute approximate surface area is 163 Å². The van der Waals surface area contributed by atoms with Crippen LogP contribution in [-0.4, -0.2) is 38.0 Å². The fourth-order valence-electron chi connectivity index (χ4n) is 3.71. The van der Waals surface area contributed by atoms with Crippen molar-refractivity contribution in [1.82, 2.24) is 19.5 Å². The summed E-state index contributed by atoms with van der Waals surface area (Å²) in [5.41, 5.74) is -0.686. The second kappa shape index (κ2) is 7.20. The summed E-state index contributed by atoms with van der Waals surface area (Å²) in [5.74, 6) is -0.300. The maximum atomic E-state index is 13.6. The average molecular weight is 408 g/mol. The van der Waals surface area contributed by atoms with Crippen LogP contribution in [0.25, 0.3) is 16.2 Å². The van der Waals surface area contributed by atoms with Crippen molar-refractivity contribution in [2.45, 2.75) is 44.8 Å². The van der Waals surface area contributed by atoms with E-state index in [2.05, 4.69) is 10.1 Å². The van der Waals surface area contributed by atoms with Gasteiger partial charge in [-0.3, -0.25) is 4.79 Å². The van der Waals surface area contributed by atoms with Gasteiger partial charge in [-0.25, -0.2) is 9.50 Å². The van der Waals surface area contributed by atoms with Crippen LogP contribution in [0.1, 0.15) is 48.7 Å². The Morgan fingerprint density at radius 2 is 2.18 bits per heavy atom. The van der Waals surface area contributed by atoms with Crippen LogP contribution < -0.4 is 0 Å². The van der Waals surface area contributed by atoms with Crippen molar-refractivity contribution in [1.29, 1.82) is 0 Å². The molecular weight excluding hydrogens is 389 g/mol. The molecule has 148 valence electrons. The molecule has 5 nitrogen and oxygen atoms in total. The van der Waals surface area contributed by atoms with E-state index in [0.29, 0.717) is 11.4 Å². The number of nitrogens with zero attached hydrogens (tertiary/aromatic N) is 4. The Bertz CT molecular complexity index is 997. The predicted octanol–water partition coefficient (Wildman–Crippen LogP) is 4.88. The van der Waals surface area contributed by atoms with Gasteiger partial charge in [-0.15, -0.1) is 11.3 Å². The Kier molecular flexibility index (Phi) is 4.86. The smallest absolute Gasteiger partial charge is 0.336 e. The molecule has 3 aromatic heterocycles. The van der Waals surface area contributed by atoms with Gasteiger partial charge in [0.1, 0.15) is 5.56 Å². The third kappa shape index (κ3) is 3.28. The lowest BCUT2D eigenvalue weighted by molar-refractivity contribution is -0.142. The summed E-state index contributed by atoms with van der Waals surface area (Å²) in [6.45, 7) is 2.62. The normalized spacial score (nSPS) is 18.0. The average Bonchev–Trinajstić information content (AvgIpc) is 3.35. The fourth-order valence-corrected chi connectivity index (χ4v) is 4.40. The Morgan fingerprint density at radius 1 is 1.36 bits per heavy atom. The minimum Gasteiger partial charge on any atom is -0.336 e. The van der Waals surface area contributed by atoms with Crippen molar-refractivity contribution in [3.8, 4) is 10.6 Å². The molecule has 1 saturated heterocycles. The van der Waals surface area contributed by atoms with Gasteiger partial charge in [0, 0.05) is 12.6 Å². The first kappa shape index (κ1) is 18.9. The maximum Gasteiger partial charge on any atom is 0.433 e. The molecule has 0 saturated carbocycles. The van der Waals surface area contributed by atoms with Gasteiger partial charge in [0.25, 0.3) is 5.91 Å². The zero-order valence-electron chi connectivity index (χ0n) is 15.2. The van der Waals surface area contributed by atoms with Gasteiger partial charge in [0.05, 0.1) is 16.8 Å². The van der Waals surface area contributed by atoms with Crippen molar-refractivity contribution >= 4 is 22.9 Å². The van der Waals surface area contributed by atoms with Crippen LogP contribution in [0, 0.1) is 0 Å². The first-order valence-electron chi connectivity index (χ1n) is 9.21. The number of hydrogen-bond acceptors (Lipinski definition) is 4. The largest absolute Gasteiger partial charge is 0.433 e. The molecule has 0 aromatic carbocycles. The van der Waals surface area contributed by atoms with Crippen molar-refractivity contribution in [2.75, 3.05) is 6.54 Å². The zero-order valence-corrected chi connectivity index (χ0v) is 16.1. The number of thiophene rings is 1. The molecule has 0 spiro atoms. The fraction of sp³-hybridized carbons (Fsp3) is 0.421. The van der Waals surface area contributed by atoms with E-state index in [1.165, 1.54) is 17.5 Å². The molecule has 1 aliphatic heterocycles. The number of halogens is 3. The van der Waals surface area contributed by atoms with Gasteiger partial charge in [-0.05, 0) is 43.2 Å². The van der Waals surface area contributed by atoms with Gasteiger partial charge in [-0.2, -0.15) is 18.3 Å². The number of hydrogen-bond donors (Lipinski definition) is 0. The summed E-state index contributed by atoms with van der Waals surface area (Å²) in [7, 11) is 0. The van der Waals surface area contributed by atoms with Crippen molar-refractivity contribution in [3.05, 3.63) is 41.0 Å². The third-order valence-corrected chi connectivity index (χ3v) is 6.02. The van der Waals surface area contributed by atoms with E-state index in [0.717, 1.165) is 36.3 Å². The molecule has 0 N–H and O–H groups in total. The van der Waals surface area contributed by atoms with Crippen LogP contribution >= 0.6 is 11.3 Å². The first-order chi connectivity index (χ1) is 13.4. The molecular formula is C19H19F3N4OS. The minimum atomic E-state index is -4.61. The van der Waals surface area contributed by atoms with E-state index in [-0.39, 0.29) is 28.9 Å². The van der Waals surface area contributed by atoms with Crippen molar-refractivity contribution in [3.63, 3.8) is 0 Å². The maximum absolute atomic E-state index is 13.6. The first-order valence-corrected chi connectivity index (χ1v) is 10.1. The number of alkyl halides is 3. The molecule has 0 bridgehead atoms. The Hall–Kier alpha value is -2.42. The van der Waals surface area contributed by atoms with E-state index >= 15 is 0 Å². The van der Waals surface area contributed by atoms with Crippen LogP contribution in [0.4, 0.5) is 13.2 Å². The van der Waals surface area contributed by atoms with Gasteiger partial charge in [0.15, 0.2) is 11.3 Å². The number of piperidine rings is 1. The van der Waals surface area contributed by atoms with Crippen LogP contribution in [0.3, 0.4) is 0 Å². The zero-order chi connectivity index (χ0) is 19.9. The molecule has 9 heteroatoms. The van der Waals surface area contributed by atoms with E-state index in [4.69, 9.17) is 0 Å². The molecule has 4 heterocycles. The lowest BCUT2D eigenvalue weighted by atomic mass is 9.99. The SMILES string of the molecule is CCC1CCCCN1C(=O)c1cnn2c(C(F)(F)F)cc(-c3cccs3)nc12. The van der Waals surface area contributed by atoms with Crippen LogP contribution in [0.5, 0.6) is 0 Å². The van der Waals surface area contributed by atoms with E-state index in [1.54, 1.807) is 22.4 Å². The molecule has 1 atom stereocenters. The Morgan fingerprint density at radius 3 is 2.86 bits per heavy atom. The van der Waals surface area contributed by atoms with Gasteiger partial charge < -0.3 is 4.90 Å². The second-order valence-corrected chi connectivity index (χ2v) is 7.80. The number of rotatable bonds is 3. The van der Waals surface area contributed by atoms with Gasteiger partial charge in [-0.1, -0.05) is 13.0 Å². The number of amides is 1. The summed E-state index contributed by atoms with van der Waals surface area (Å²) < 4.78 is 41.7. The number of fused-ring (bicyclic) bond motifs is 1. The molecule has 1 aliphatic rings. The summed E-state index contributed by atoms with van der Waals surface area (Å²) in [6.07, 6.45) is 0.255. The topological polar surface area (TPSA) is 50.5 Å². The van der Waals surface area contributed by atoms with Crippen LogP contribution in [0.15, 0.2) is 29.8 Å². The number of carbonyl (C=O) groups excluding carboxylic acids is 1. The number of carbonyl (C=O) groups is 1. The van der Waals surface area contributed by atoms with Crippen molar-refractivity contribution in [2.24, 2.45) is 0 Å². The van der Waals surface area contributed by atoms with E-state index < -0.39 is 11.9 Å². The van der Waals surface area contributed by atoms with Crippen LogP contribution in [-0.2, 0) is 6.18 Å². The third-order valence-electron chi connectivity index (χ3n) is 5.13.